The summed E-state index contributed by atoms with van der Waals surface area (Å²) in [4.78, 5) is 30.9. The van der Waals surface area contributed by atoms with Crippen LogP contribution in [0.15, 0.2) is 48.8 Å². The van der Waals surface area contributed by atoms with Crippen molar-refractivity contribution in [3.05, 3.63) is 54.5 Å². The first-order valence-electron chi connectivity index (χ1n) is 8.64. The number of carbonyl (C=O) groups excluding carboxylic acids is 2. The quantitative estimate of drug-likeness (QED) is 0.364. The van der Waals surface area contributed by atoms with Gasteiger partial charge in [-0.1, -0.05) is 18.2 Å². The molecule has 0 aliphatic carbocycles. The third-order valence-corrected chi connectivity index (χ3v) is 3.79. The Labute approximate surface area is 160 Å². The first kappa shape index (κ1) is 19.2. The number of amides is 1. The van der Waals surface area contributed by atoms with E-state index in [4.69, 9.17) is 4.74 Å². The number of nitrogens with zero attached hydrogens (tertiary/aromatic N) is 1. The molecule has 146 valence electrons. The number of H-pyrrole nitrogens is 1. The summed E-state index contributed by atoms with van der Waals surface area (Å²) in [6.45, 7) is 1.37. The summed E-state index contributed by atoms with van der Waals surface area (Å²) in [5, 5.41) is 15.9. The molecule has 28 heavy (non-hydrogen) atoms. The fraction of sp³-hybridized carbons (Fsp3) is 0.211. The van der Waals surface area contributed by atoms with Crippen molar-refractivity contribution < 1.29 is 24.2 Å². The lowest BCUT2D eigenvalue weighted by Crippen LogP contribution is -2.39. The van der Waals surface area contributed by atoms with E-state index in [0.29, 0.717) is 5.69 Å². The van der Waals surface area contributed by atoms with Gasteiger partial charge in [-0.05, 0) is 25.1 Å². The molecule has 3 aromatic rings. The molecule has 1 amide bonds. The van der Waals surface area contributed by atoms with Gasteiger partial charge in [0.05, 0.1) is 12.3 Å². The van der Waals surface area contributed by atoms with Crippen LogP contribution in [0, 0.1) is 0 Å². The Hall–Kier alpha value is -3.59. The summed E-state index contributed by atoms with van der Waals surface area (Å²) in [5.74, 6) is -0.683. The van der Waals surface area contributed by atoms with Gasteiger partial charge in [0.2, 0.25) is 0 Å². The van der Waals surface area contributed by atoms with Crippen molar-refractivity contribution in [3.8, 4) is 0 Å². The molecule has 2 heterocycles. The van der Waals surface area contributed by atoms with Crippen LogP contribution in [0.25, 0.3) is 10.9 Å². The second-order valence-corrected chi connectivity index (χ2v) is 5.76. The Kier molecular flexibility index (Phi) is 6.07. The van der Waals surface area contributed by atoms with E-state index in [1.807, 2.05) is 24.3 Å². The minimum atomic E-state index is -1.39. The Morgan fingerprint density at radius 1 is 1.18 bits per heavy atom. The molecular formula is C19H20N4O5. The molecule has 0 radical (unpaired) electrons. The second-order valence-electron chi connectivity index (χ2n) is 5.76. The number of benzene rings is 1. The number of hydrogen-bond donors (Lipinski definition) is 4. The van der Waals surface area contributed by atoms with E-state index in [1.54, 1.807) is 31.5 Å². The third kappa shape index (κ3) is 4.57. The van der Waals surface area contributed by atoms with E-state index in [0.717, 1.165) is 16.6 Å². The van der Waals surface area contributed by atoms with Crippen molar-refractivity contribution in [2.45, 2.75) is 13.2 Å². The van der Waals surface area contributed by atoms with Crippen molar-refractivity contribution in [1.29, 1.82) is 0 Å². The summed E-state index contributed by atoms with van der Waals surface area (Å²) in [7, 11) is 0. The predicted molar refractivity (Wildman–Crippen MR) is 102 cm³/mol. The Bertz CT molecular complexity index is 957. The van der Waals surface area contributed by atoms with Gasteiger partial charge in [0.25, 0.3) is 0 Å². The fourth-order valence-corrected chi connectivity index (χ4v) is 2.58. The topological polar surface area (TPSA) is 126 Å². The summed E-state index contributed by atoms with van der Waals surface area (Å²) in [5.41, 5.74) is 2.23. The number of anilines is 2. The first-order valence-corrected chi connectivity index (χ1v) is 8.64. The van der Waals surface area contributed by atoms with E-state index in [1.165, 1.54) is 0 Å². The number of para-hydroxylation sites is 1. The highest BCUT2D eigenvalue weighted by Gasteiger charge is 2.21. The van der Waals surface area contributed by atoms with Crippen LogP contribution in [0.4, 0.5) is 16.2 Å². The Morgan fingerprint density at radius 3 is 2.68 bits per heavy atom. The van der Waals surface area contributed by atoms with Gasteiger partial charge in [0.15, 0.2) is 6.23 Å². The van der Waals surface area contributed by atoms with E-state index in [2.05, 4.69) is 25.3 Å². The van der Waals surface area contributed by atoms with Crippen LogP contribution in [0.3, 0.4) is 0 Å². The van der Waals surface area contributed by atoms with Gasteiger partial charge in [0, 0.05) is 29.0 Å². The van der Waals surface area contributed by atoms with Crippen molar-refractivity contribution in [2.75, 3.05) is 18.5 Å². The minimum absolute atomic E-state index is 0.164. The number of carbonyl (C=O) groups is 2. The summed E-state index contributed by atoms with van der Waals surface area (Å²) >= 11 is 0. The van der Waals surface area contributed by atoms with Gasteiger partial charge in [0.1, 0.15) is 12.3 Å². The van der Waals surface area contributed by atoms with E-state index < -0.39 is 24.9 Å². The number of aromatic nitrogens is 2. The number of fused-ring (bicyclic) bond motifs is 1. The lowest BCUT2D eigenvalue weighted by molar-refractivity contribution is 0.0154. The molecule has 0 saturated carbocycles. The molecule has 9 nitrogen and oxygen atoms in total. The normalized spacial score (nSPS) is 11.6. The van der Waals surface area contributed by atoms with E-state index >= 15 is 0 Å². The van der Waals surface area contributed by atoms with Crippen LogP contribution < -0.4 is 10.6 Å². The molecule has 0 fully saturated rings. The highest BCUT2D eigenvalue weighted by molar-refractivity contribution is 6.07. The average Bonchev–Trinajstić information content (AvgIpc) is 3.06. The molecule has 0 aliphatic heterocycles. The Balaban J connectivity index is 1.77. The van der Waals surface area contributed by atoms with Gasteiger partial charge in [-0.25, -0.2) is 9.59 Å². The van der Waals surface area contributed by atoms with E-state index in [9.17, 15) is 14.7 Å². The van der Waals surface area contributed by atoms with E-state index in [-0.39, 0.29) is 12.3 Å². The molecule has 0 saturated heterocycles. The highest BCUT2D eigenvalue weighted by Crippen LogP contribution is 2.30. The van der Waals surface area contributed by atoms with Crippen LogP contribution in [0.5, 0.6) is 0 Å². The molecule has 4 N–H and O–H groups in total. The van der Waals surface area contributed by atoms with Crippen LogP contribution in [-0.4, -0.2) is 46.6 Å². The second kappa shape index (κ2) is 8.87. The minimum Gasteiger partial charge on any atom is -0.456 e. The van der Waals surface area contributed by atoms with Crippen molar-refractivity contribution in [1.82, 2.24) is 15.3 Å². The highest BCUT2D eigenvalue weighted by atomic mass is 16.6. The number of aliphatic hydroxyl groups is 1. The number of esters is 1. The third-order valence-electron chi connectivity index (χ3n) is 3.79. The number of nitrogens with one attached hydrogen (secondary N) is 3. The van der Waals surface area contributed by atoms with Crippen LogP contribution in [-0.2, 0) is 9.47 Å². The number of aromatic amines is 1. The maximum Gasteiger partial charge on any atom is 0.409 e. The maximum atomic E-state index is 12.6. The Morgan fingerprint density at radius 2 is 1.93 bits per heavy atom. The van der Waals surface area contributed by atoms with Gasteiger partial charge >= 0.3 is 12.1 Å². The summed E-state index contributed by atoms with van der Waals surface area (Å²) < 4.78 is 9.79. The van der Waals surface area contributed by atoms with Crippen molar-refractivity contribution >= 4 is 34.3 Å². The average molecular weight is 384 g/mol. The first-order chi connectivity index (χ1) is 13.6. The monoisotopic (exact) mass is 384 g/mol. The predicted octanol–water partition coefficient (Wildman–Crippen LogP) is 2.53. The van der Waals surface area contributed by atoms with Gasteiger partial charge in [-0.2, -0.15) is 0 Å². The lowest BCUT2D eigenvalue weighted by Gasteiger charge is -2.13. The lowest BCUT2D eigenvalue weighted by atomic mass is 10.2. The summed E-state index contributed by atoms with van der Waals surface area (Å²) in [6, 6.07) is 10.9. The number of aliphatic hydroxyl groups excluding tert-OH is 1. The molecule has 9 heteroatoms. The smallest absolute Gasteiger partial charge is 0.409 e. The van der Waals surface area contributed by atoms with Crippen LogP contribution in [0.1, 0.15) is 17.4 Å². The van der Waals surface area contributed by atoms with Crippen molar-refractivity contribution in [2.24, 2.45) is 0 Å². The molecule has 0 spiro atoms. The maximum absolute atomic E-state index is 12.6. The molecule has 0 bridgehead atoms. The zero-order valence-electron chi connectivity index (χ0n) is 15.1. The molecule has 1 unspecified atom stereocenters. The van der Waals surface area contributed by atoms with Crippen LogP contribution in [0.2, 0.25) is 0 Å². The standard InChI is InChI=1S/C19H20N4O5/c1-2-27-19(26)23-15(24)11-28-18(25)17-16(21-12-7-9-20-10-8-12)13-5-3-4-6-14(13)22-17/h3-10,15,22,24H,2,11H2,1H3,(H,20,21)(H,23,26). The van der Waals surface area contributed by atoms with Crippen molar-refractivity contribution in [3.63, 3.8) is 0 Å². The largest absolute Gasteiger partial charge is 0.456 e. The zero-order chi connectivity index (χ0) is 19.9. The number of alkyl carbamates (subject to hydrolysis) is 1. The zero-order valence-corrected chi connectivity index (χ0v) is 15.1. The molecular weight excluding hydrogens is 364 g/mol. The molecule has 2 aromatic heterocycles. The summed E-state index contributed by atoms with van der Waals surface area (Å²) in [6.07, 6.45) is 1.08. The number of ether oxygens (including phenoxy) is 2. The fourth-order valence-electron chi connectivity index (χ4n) is 2.58. The number of hydrogen-bond acceptors (Lipinski definition) is 7. The molecule has 0 aliphatic rings. The molecule has 3 rings (SSSR count). The van der Waals surface area contributed by atoms with Crippen LogP contribution >= 0.6 is 0 Å². The van der Waals surface area contributed by atoms with Gasteiger partial charge < -0.3 is 24.9 Å². The molecule has 1 aromatic carbocycles. The van der Waals surface area contributed by atoms with Gasteiger partial charge in [-0.3, -0.25) is 10.3 Å². The molecule has 1 atom stereocenters. The number of rotatable bonds is 7. The number of pyridine rings is 1. The SMILES string of the molecule is CCOC(=O)NC(O)COC(=O)c1[nH]c2ccccc2c1Nc1ccncc1. The van der Waals surface area contributed by atoms with Gasteiger partial charge in [-0.15, -0.1) is 0 Å².